The largest absolute Gasteiger partial charge is 0.354 e. The molecule has 1 atom stereocenters. The SMILES string of the molecule is CCN(C(=O)C(C)C)[C@H]1CCN(c2nc3cc(F)ccc3cc2Br)C1. The van der Waals surface area contributed by atoms with Gasteiger partial charge in [-0.2, -0.15) is 0 Å². The highest BCUT2D eigenvalue weighted by atomic mass is 79.9. The van der Waals surface area contributed by atoms with Crippen LogP contribution < -0.4 is 4.90 Å². The zero-order valence-electron chi connectivity index (χ0n) is 14.8. The molecule has 1 aromatic carbocycles. The van der Waals surface area contributed by atoms with Gasteiger partial charge in [0.1, 0.15) is 11.6 Å². The summed E-state index contributed by atoms with van der Waals surface area (Å²) in [6.45, 7) is 8.20. The van der Waals surface area contributed by atoms with Crippen LogP contribution in [0.1, 0.15) is 27.2 Å². The topological polar surface area (TPSA) is 36.4 Å². The molecule has 0 N–H and O–H groups in total. The quantitative estimate of drug-likeness (QED) is 0.760. The summed E-state index contributed by atoms with van der Waals surface area (Å²) in [5.41, 5.74) is 0.646. The van der Waals surface area contributed by atoms with Gasteiger partial charge in [-0.15, -0.1) is 0 Å². The van der Waals surface area contributed by atoms with E-state index < -0.39 is 0 Å². The van der Waals surface area contributed by atoms with E-state index in [4.69, 9.17) is 0 Å². The van der Waals surface area contributed by atoms with Crippen LogP contribution in [0.15, 0.2) is 28.7 Å². The van der Waals surface area contributed by atoms with Crippen LogP contribution in [-0.2, 0) is 4.79 Å². The predicted molar refractivity (Wildman–Crippen MR) is 102 cm³/mol. The average Bonchev–Trinajstić information content (AvgIpc) is 3.04. The molecule has 2 heterocycles. The first kappa shape index (κ1) is 18.1. The lowest BCUT2D eigenvalue weighted by molar-refractivity contribution is -0.136. The third-order valence-electron chi connectivity index (χ3n) is 4.74. The van der Waals surface area contributed by atoms with Gasteiger partial charge < -0.3 is 9.80 Å². The molecule has 4 nitrogen and oxygen atoms in total. The van der Waals surface area contributed by atoms with E-state index in [2.05, 4.69) is 25.8 Å². The Hall–Kier alpha value is -1.69. The number of aromatic nitrogens is 1. The molecule has 0 radical (unpaired) electrons. The molecule has 1 fully saturated rings. The highest BCUT2D eigenvalue weighted by Crippen LogP contribution is 2.31. The van der Waals surface area contributed by atoms with Crippen LogP contribution >= 0.6 is 15.9 Å². The Morgan fingerprint density at radius 2 is 2.20 bits per heavy atom. The summed E-state index contributed by atoms with van der Waals surface area (Å²) >= 11 is 3.59. The van der Waals surface area contributed by atoms with Crippen molar-refractivity contribution >= 4 is 38.6 Å². The fourth-order valence-electron chi connectivity index (χ4n) is 3.44. The number of hydrogen-bond acceptors (Lipinski definition) is 3. The Morgan fingerprint density at radius 1 is 1.44 bits per heavy atom. The van der Waals surface area contributed by atoms with Crippen molar-refractivity contribution in [3.05, 3.63) is 34.6 Å². The summed E-state index contributed by atoms with van der Waals surface area (Å²) < 4.78 is 14.4. The summed E-state index contributed by atoms with van der Waals surface area (Å²) in [6, 6.07) is 6.80. The molecule has 1 aliphatic rings. The smallest absolute Gasteiger partial charge is 0.225 e. The standard InChI is InChI=1S/C19H23BrFN3O/c1-4-24(19(25)12(2)3)15-7-8-23(11-15)18-16(20)9-13-5-6-14(21)10-17(13)22-18/h5-6,9-10,12,15H,4,7-8,11H2,1-3H3/t15-/m0/s1. The second-order valence-corrected chi connectivity index (χ2v) is 7.65. The van der Waals surface area contributed by atoms with Crippen molar-refractivity contribution < 1.29 is 9.18 Å². The molecule has 3 rings (SSSR count). The molecule has 0 spiro atoms. The van der Waals surface area contributed by atoms with Crippen LogP contribution in [0.5, 0.6) is 0 Å². The van der Waals surface area contributed by atoms with Crippen molar-refractivity contribution in [3.8, 4) is 0 Å². The summed E-state index contributed by atoms with van der Waals surface area (Å²) in [6.07, 6.45) is 0.918. The van der Waals surface area contributed by atoms with E-state index in [0.29, 0.717) is 12.1 Å². The number of hydrogen-bond donors (Lipinski definition) is 0. The lowest BCUT2D eigenvalue weighted by Gasteiger charge is -2.29. The first-order chi connectivity index (χ1) is 11.9. The molecule has 1 aromatic heterocycles. The maximum atomic E-state index is 13.5. The van der Waals surface area contributed by atoms with Crippen LogP contribution in [0.25, 0.3) is 10.9 Å². The van der Waals surface area contributed by atoms with Crippen LogP contribution in [-0.4, -0.2) is 41.5 Å². The summed E-state index contributed by atoms with van der Waals surface area (Å²) in [5.74, 6) is 0.727. The lowest BCUT2D eigenvalue weighted by Crippen LogP contribution is -2.43. The highest BCUT2D eigenvalue weighted by molar-refractivity contribution is 9.10. The molecule has 1 aliphatic heterocycles. The molecule has 0 aliphatic carbocycles. The monoisotopic (exact) mass is 407 g/mol. The Morgan fingerprint density at radius 3 is 2.88 bits per heavy atom. The van der Waals surface area contributed by atoms with E-state index in [1.54, 1.807) is 6.07 Å². The minimum absolute atomic E-state index is 0.00232. The summed E-state index contributed by atoms with van der Waals surface area (Å²) in [7, 11) is 0. The molecule has 25 heavy (non-hydrogen) atoms. The van der Waals surface area contributed by atoms with E-state index in [9.17, 15) is 9.18 Å². The Labute approximate surface area is 156 Å². The van der Waals surface area contributed by atoms with E-state index in [-0.39, 0.29) is 23.7 Å². The number of amides is 1. The fourth-order valence-corrected chi connectivity index (χ4v) is 4.03. The number of carbonyl (C=O) groups is 1. The second-order valence-electron chi connectivity index (χ2n) is 6.80. The first-order valence-electron chi connectivity index (χ1n) is 8.72. The second kappa shape index (κ2) is 7.28. The number of fused-ring (bicyclic) bond motifs is 1. The van der Waals surface area contributed by atoms with Gasteiger partial charge in [0.05, 0.1) is 16.0 Å². The maximum Gasteiger partial charge on any atom is 0.225 e. The summed E-state index contributed by atoms with van der Waals surface area (Å²) in [5, 5.41) is 0.901. The van der Waals surface area contributed by atoms with Crippen molar-refractivity contribution in [2.45, 2.75) is 33.2 Å². The fraction of sp³-hybridized carbons (Fsp3) is 0.474. The molecule has 1 amide bonds. The van der Waals surface area contributed by atoms with Crippen molar-refractivity contribution in [2.24, 2.45) is 5.92 Å². The number of benzene rings is 1. The predicted octanol–water partition coefficient (Wildman–Crippen LogP) is 4.22. The minimum Gasteiger partial charge on any atom is -0.354 e. The number of nitrogens with zero attached hydrogens (tertiary/aromatic N) is 3. The van der Waals surface area contributed by atoms with Gasteiger partial charge in [-0.3, -0.25) is 4.79 Å². The Kier molecular flexibility index (Phi) is 5.27. The van der Waals surface area contributed by atoms with E-state index in [1.165, 1.54) is 12.1 Å². The number of carbonyl (C=O) groups excluding carboxylic acids is 1. The molecule has 134 valence electrons. The molecule has 0 unspecified atom stereocenters. The van der Waals surface area contributed by atoms with Gasteiger partial charge in [0, 0.05) is 37.0 Å². The highest BCUT2D eigenvalue weighted by Gasteiger charge is 2.32. The Bertz CT molecular complexity index is 796. The number of rotatable bonds is 4. The molecular weight excluding hydrogens is 385 g/mol. The van der Waals surface area contributed by atoms with Crippen molar-refractivity contribution in [1.29, 1.82) is 0 Å². The van der Waals surface area contributed by atoms with Crippen LogP contribution in [0, 0.1) is 11.7 Å². The van der Waals surface area contributed by atoms with Crippen molar-refractivity contribution in [1.82, 2.24) is 9.88 Å². The zero-order valence-corrected chi connectivity index (χ0v) is 16.4. The van der Waals surface area contributed by atoms with Gasteiger partial charge in [-0.05, 0) is 47.5 Å². The first-order valence-corrected chi connectivity index (χ1v) is 9.51. The maximum absolute atomic E-state index is 13.5. The molecular formula is C19H23BrFN3O. The van der Waals surface area contributed by atoms with Crippen LogP contribution in [0.4, 0.5) is 10.2 Å². The third-order valence-corrected chi connectivity index (χ3v) is 5.32. The van der Waals surface area contributed by atoms with E-state index in [1.807, 2.05) is 31.7 Å². The number of pyridine rings is 1. The molecule has 0 saturated carbocycles. The van der Waals surface area contributed by atoms with E-state index in [0.717, 1.165) is 35.2 Å². The van der Waals surface area contributed by atoms with E-state index >= 15 is 0 Å². The number of halogens is 2. The minimum atomic E-state index is -0.285. The van der Waals surface area contributed by atoms with Gasteiger partial charge in [-0.1, -0.05) is 13.8 Å². The number of likely N-dealkylation sites (N-methyl/N-ethyl adjacent to an activating group) is 1. The van der Waals surface area contributed by atoms with Gasteiger partial charge >= 0.3 is 0 Å². The molecule has 1 saturated heterocycles. The molecule has 6 heteroatoms. The Balaban J connectivity index is 1.85. The van der Waals surface area contributed by atoms with Crippen molar-refractivity contribution in [3.63, 3.8) is 0 Å². The van der Waals surface area contributed by atoms with Gasteiger partial charge in [0.15, 0.2) is 0 Å². The number of anilines is 1. The van der Waals surface area contributed by atoms with Gasteiger partial charge in [0.2, 0.25) is 5.91 Å². The summed E-state index contributed by atoms with van der Waals surface area (Å²) in [4.78, 5) is 21.2. The van der Waals surface area contributed by atoms with Gasteiger partial charge in [-0.25, -0.2) is 9.37 Å². The zero-order chi connectivity index (χ0) is 18.1. The normalized spacial score (nSPS) is 17.5. The lowest BCUT2D eigenvalue weighted by atomic mass is 10.1. The molecule has 2 aromatic rings. The molecule has 0 bridgehead atoms. The van der Waals surface area contributed by atoms with Crippen LogP contribution in [0.3, 0.4) is 0 Å². The average molecular weight is 408 g/mol. The van der Waals surface area contributed by atoms with Crippen LogP contribution in [0.2, 0.25) is 0 Å². The van der Waals surface area contributed by atoms with Crippen molar-refractivity contribution in [2.75, 3.05) is 24.5 Å². The van der Waals surface area contributed by atoms with Gasteiger partial charge in [0.25, 0.3) is 0 Å². The third kappa shape index (κ3) is 3.64.